The molecular formula is C23H22ClFN2O5S. The Bertz CT molecular complexity index is 1270. The Morgan fingerprint density at radius 2 is 1.70 bits per heavy atom. The Hall–Kier alpha value is -3.30. The molecule has 0 aliphatic carbocycles. The van der Waals surface area contributed by atoms with Crippen molar-refractivity contribution in [2.45, 2.75) is 17.9 Å². The van der Waals surface area contributed by atoms with Gasteiger partial charge in [0.05, 0.1) is 36.4 Å². The van der Waals surface area contributed by atoms with E-state index in [1.54, 1.807) is 31.2 Å². The maximum absolute atomic E-state index is 14.0. The van der Waals surface area contributed by atoms with Crippen LogP contribution >= 0.6 is 11.6 Å². The molecule has 0 aromatic heterocycles. The highest BCUT2D eigenvalue weighted by Gasteiger charge is 2.25. The highest BCUT2D eigenvalue weighted by atomic mass is 35.5. The standard InChI is InChI=1S/C23H22ClFN2O5S/c1-14(15-8-10-16(24)11-9-15)26-23(28)18-12-17(13-21(31-2)22(18)32-3)33(29,30)27-20-7-5-4-6-19(20)25/h4-14,27H,1-3H3,(H,26,28). The molecule has 174 valence electrons. The van der Waals surface area contributed by atoms with Gasteiger partial charge in [0.15, 0.2) is 11.5 Å². The number of benzene rings is 3. The second-order valence-electron chi connectivity index (χ2n) is 7.04. The summed E-state index contributed by atoms with van der Waals surface area (Å²) in [7, 11) is -1.60. The van der Waals surface area contributed by atoms with Crippen LogP contribution in [0.4, 0.5) is 10.1 Å². The minimum Gasteiger partial charge on any atom is -0.493 e. The van der Waals surface area contributed by atoms with Gasteiger partial charge in [-0.15, -0.1) is 0 Å². The molecule has 0 saturated carbocycles. The topological polar surface area (TPSA) is 93.7 Å². The minimum atomic E-state index is -4.26. The van der Waals surface area contributed by atoms with Crippen molar-refractivity contribution in [3.05, 3.63) is 82.6 Å². The summed E-state index contributed by atoms with van der Waals surface area (Å²) in [5, 5.41) is 3.36. The molecule has 3 aromatic carbocycles. The van der Waals surface area contributed by atoms with Gasteiger partial charge in [-0.2, -0.15) is 0 Å². The zero-order valence-corrected chi connectivity index (χ0v) is 19.6. The number of methoxy groups -OCH3 is 2. The van der Waals surface area contributed by atoms with Crippen LogP contribution in [0.1, 0.15) is 28.9 Å². The average Bonchev–Trinajstić information content (AvgIpc) is 2.79. The monoisotopic (exact) mass is 492 g/mol. The van der Waals surface area contributed by atoms with E-state index in [1.165, 1.54) is 38.5 Å². The van der Waals surface area contributed by atoms with E-state index >= 15 is 0 Å². The molecule has 10 heteroatoms. The third kappa shape index (κ3) is 5.55. The summed E-state index contributed by atoms with van der Waals surface area (Å²) in [4.78, 5) is 12.8. The molecule has 0 fully saturated rings. The molecule has 7 nitrogen and oxygen atoms in total. The number of hydrogen-bond donors (Lipinski definition) is 2. The van der Waals surface area contributed by atoms with Crippen molar-refractivity contribution in [2.75, 3.05) is 18.9 Å². The molecule has 1 atom stereocenters. The van der Waals surface area contributed by atoms with E-state index < -0.39 is 27.8 Å². The third-order valence-corrected chi connectivity index (χ3v) is 6.44. The first-order chi connectivity index (χ1) is 15.7. The lowest BCUT2D eigenvalue weighted by Crippen LogP contribution is -2.27. The van der Waals surface area contributed by atoms with Gasteiger partial charge in [0.1, 0.15) is 5.82 Å². The van der Waals surface area contributed by atoms with Gasteiger partial charge < -0.3 is 14.8 Å². The molecule has 0 radical (unpaired) electrons. The van der Waals surface area contributed by atoms with Crippen LogP contribution in [0.15, 0.2) is 65.6 Å². The number of carbonyl (C=O) groups is 1. The van der Waals surface area contributed by atoms with E-state index in [4.69, 9.17) is 21.1 Å². The van der Waals surface area contributed by atoms with Gasteiger partial charge in [0, 0.05) is 11.1 Å². The van der Waals surface area contributed by atoms with Gasteiger partial charge in [-0.1, -0.05) is 35.9 Å². The van der Waals surface area contributed by atoms with Crippen molar-refractivity contribution in [1.82, 2.24) is 5.32 Å². The van der Waals surface area contributed by atoms with Crippen molar-refractivity contribution in [1.29, 1.82) is 0 Å². The largest absolute Gasteiger partial charge is 0.493 e. The number of ether oxygens (including phenoxy) is 2. The molecule has 0 spiro atoms. The lowest BCUT2D eigenvalue weighted by molar-refractivity contribution is 0.0936. The van der Waals surface area contributed by atoms with E-state index in [0.29, 0.717) is 5.02 Å². The Balaban J connectivity index is 1.98. The van der Waals surface area contributed by atoms with Crippen molar-refractivity contribution >= 4 is 33.2 Å². The smallest absolute Gasteiger partial charge is 0.262 e. The highest BCUT2D eigenvalue weighted by Crippen LogP contribution is 2.35. The number of para-hydroxylation sites is 1. The molecule has 0 saturated heterocycles. The maximum atomic E-state index is 14.0. The Morgan fingerprint density at radius 1 is 1.03 bits per heavy atom. The number of hydrogen-bond acceptors (Lipinski definition) is 5. The summed E-state index contributed by atoms with van der Waals surface area (Å²) in [5.41, 5.74) is 0.505. The van der Waals surface area contributed by atoms with Crippen LogP contribution in [-0.2, 0) is 10.0 Å². The molecule has 3 rings (SSSR count). The fourth-order valence-corrected chi connectivity index (χ4v) is 4.35. The number of sulfonamides is 1. The van der Waals surface area contributed by atoms with E-state index in [2.05, 4.69) is 10.0 Å². The lowest BCUT2D eigenvalue weighted by atomic mass is 10.1. The molecule has 3 aromatic rings. The predicted molar refractivity (Wildman–Crippen MR) is 124 cm³/mol. The Morgan fingerprint density at radius 3 is 2.30 bits per heavy atom. The fraction of sp³-hybridized carbons (Fsp3) is 0.174. The summed E-state index contributed by atoms with van der Waals surface area (Å²) in [6.45, 7) is 1.77. The quantitative estimate of drug-likeness (QED) is 0.471. The van der Waals surface area contributed by atoms with Crippen molar-refractivity contribution in [3.8, 4) is 11.5 Å². The van der Waals surface area contributed by atoms with Crippen LogP contribution in [0.2, 0.25) is 5.02 Å². The van der Waals surface area contributed by atoms with Crippen LogP contribution in [-0.4, -0.2) is 28.5 Å². The maximum Gasteiger partial charge on any atom is 0.262 e. The number of anilines is 1. The van der Waals surface area contributed by atoms with E-state index in [-0.39, 0.29) is 27.6 Å². The molecule has 2 N–H and O–H groups in total. The van der Waals surface area contributed by atoms with Gasteiger partial charge in [0.25, 0.3) is 15.9 Å². The fourth-order valence-electron chi connectivity index (χ4n) is 3.12. The van der Waals surface area contributed by atoms with Crippen LogP contribution in [0, 0.1) is 5.82 Å². The molecule has 1 amide bonds. The van der Waals surface area contributed by atoms with Crippen LogP contribution in [0.5, 0.6) is 11.5 Å². The second-order valence-corrected chi connectivity index (χ2v) is 9.16. The number of amides is 1. The van der Waals surface area contributed by atoms with E-state index in [1.807, 2.05) is 0 Å². The first kappa shape index (κ1) is 24.3. The molecule has 0 heterocycles. The zero-order valence-electron chi connectivity index (χ0n) is 18.1. The summed E-state index contributed by atoms with van der Waals surface area (Å²) < 4.78 is 52.7. The van der Waals surface area contributed by atoms with Crippen molar-refractivity contribution < 1.29 is 27.1 Å². The lowest BCUT2D eigenvalue weighted by Gasteiger charge is -2.18. The van der Waals surface area contributed by atoms with Gasteiger partial charge >= 0.3 is 0 Å². The van der Waals surface area contributed by atoms with Gasteiger partial charge in [-0.05, 0) is 42.8 Å². The Kier molecular flexibility index (Phi) is 7.45. The molecule has 0 bridgehead atoms. The van der Waals surface area contributed by atoms with Crippen LogP contribution < -0.4 is 19.5 Å². The summed E-state index contributed by atoms with van der Waals surface area (Å²) >= 11 is 5.91. The average molecular weight is 493 g/mol. The number of carbonyl (C=O) groups excluding carboxylic acids is 1. The van der Waals surface area contributed by atoms with Crippen molar-refractivity contribution in [3.63, 3.8) is 0 Å². The first-order valence-electron chi connectivity index (χ1n) is 9.76. The Labute approximate surface area is 196 Å². The predicted octanol–water partition coefficient (Wildman–Crippen LogP) is 4.79. The molecular weight excluding hydrogens is 471 g/mol. The number of nitrogens with one attached hydrogen (secondary N) is 2. The van der Waals surface area contributed by atoms with E-state index in [9.17, 15) is 17.6 Å². The number of rotatable bonds is 8. The van der Waals surface area contributed by atoms with Gasteiger partial charge in [-0.25, -0.2) is 12.8 Å². The summed E-state index contributed by atoms with van der Waals surface area (Å²) in [6.07, 6.45) is 0. The second kappa shape index (κ2) is 10.1. The summed E-state index contributed by atoms with van der Waals surface area (Å²) in [6, 6.07) is 14.2. The normalized spacial score (nSPS) is 12.0. The molecule has 1 unspecified atom stereocenters. The molecule has 0 aliphatic heterocycles. The minimum absolute atomic E-state index is 0.0261. The first-order valence-corrected chi connectivity index (χ1v) is 11.6. The SMILES string of the molecule is COc1cc(S(=O)(=O)Nc2ccccc2F)cc(C(=O)NC(C)c2ccc(Cl)cc2)c1OC. The van der Waals surface area contributed by atoms with Gasteiger partial charge in [0.2, 0.25) is 0 Å². The molecule has 0 aliphatic rings. The van der Waals surface area contributed by atoms with Crippen molar-refractivity contribution in [2.24, 2.45) is 0 Å². The van der Waals surface area contributed by atoms with Crippen LogP contribution in [0.25, 0.3) is 0 Å². The van der Waals surface area contributed by atoms with E-state index in [0.717, 1.165) is 17.7 Å². The van der Waals surface area contributed by atoms with Crippen LogP contribution in [0.3, 0.4) is 0 Å². The molecule has 33 heavy (non-hydrogen) atoms. The third-order valence-electron chi connectivity index (χ3n) is 4.84. The highest BCUT2D eigenvalue weighted by molar-refractivity contribution is 7.92. The zero-order chi connectivity index (χ0) is 24.2. The van der Waals surface area contributed by atoms with Gasteiger partial charge in [-0.3, -0.25) is 9.52 Å². The summed E-state index contributed by atoms with van der Waals surface area (Å²) in [5.74, 6) is -1.24. The number of halogens is 2.